The Morgan fingerprint density at radius 3 is 2.26 bits per heavy atom. The van der Waals surface area contributed by atoms with Gasteiger partial charge in [0.2, 0.25) is 5.89 Å². The van der Waals surface area contributed by atoms with Crippen molar-refractivity contribution in [1.29, 1.82) is 0 Å². The second-order valence-corrected chi connectivity index (χ2v) is 10.5. The van der Waals surface area contributed by atoms with Gasteiger partial charge >= 0.3 is 0 Å². The second kappa shape index (κ2) is 9.85. The van der Waals surface area contributed by atoms with Crippen LogP contribution in [0.25, 0.3) is 55.7 Å². The number of aromatic nitrogens is 2. The van der Waals surface area contributed by atoms with Crippen LogP contribution in [0.4, 0.5) is 0 Å². The summed E-state index contributed by atoms with van der Waals surface area (Å²) in [6.45, 7) is 8.83. The molecule has 0 bridgehead atoms. The molecule has 2 aromatic heterocycles. The fourth-order valence-electron chi connectivity index (χ4n) is 4.74. The molecule has 1 N–H and O–H groups in total. The number of pyridine rings is 1. The molecule has 0 spiro atoms. The third-order valence-electron chi connectivity index (χ3n) is 6.86. The number of hydrogen-bond acceptors (Lipinski definition) is 4. The molecule has 4 nitrogen and oxygen atoms in total. The summed E-state index contributed by atoms with van der Waals surface area (Å²) in [6.07, 6.45) is 1.87. The first-order chi connectivity index (χ1) is 17.8. The SMILES string of the molecule is Cc1ccnc2c(-c3[c-]c(-c4cccc5oc(-c6ccccc6O)nc45)ccc3)cc(C(C)(C)C)cc12.[Pt]. The zero-order chi connectivity index (χ0) is 25.7. The van der Waals surface area contributed by atoms with E-state index in [0.717, 1.165) is 38.7 Å². The Morgan fingerprint density at radius 2 is 1.50 bits per heavy atom. The van der Waals surface area contributed by atoms with Gasteiger partial charge in [-0.05, 0) is 53.1 Å². The third-order valence-corrected chi connectivity index (χ3v) is 6.86. The van der Waals surface area contributed by atoms with Crippen molar-refractivity contribution in [2.75, 3.05) is 0 Å². The molecule has 0 aliphatic heterocycles. The number of phenolic OH excluding ortho intramolecular Hbond substituents is 1. The first-order valence-corrected chi connectivity index (χ1v) is 12.4. The number of nitrogens with zero attached hydrogens (tertiary/aromatic N) is 2. The van der Waals surface area contributed by atoms with Crippen LogP contribution in [0.5, 0.6) is 5.75 Å². The van der Waals surface area contributed by atoms with Crippen LogP contribution in [0.3, 0.4) is 0 Å². The van der Waals surface area contributed by atoms with E-state index in [2.05, 4.69) is 64.1 Å². The summed E-state index contributed by atoms with van der Waals surface area (Å²) in [4.78, 5) is 9.54. The van der Waals surface area contributed by atoms with Crippen molar-refractivity contribution < 1.29 is 30.6 Å². The Bertz CT molecular complexity index is 1800. The molecule has 6 rings (SSSR count). The first kappa shape index (κ1) is 25.9. The Morgan fingerprint density at radius 1 is 0.789 bits per heavy atom. The Labute approximate surface area is 236 Å². The van der Waals surface area contributed by atoms with Gasteiger partial charge in [-0.25, -0.2) is 4.98 Å². The number of oxazole rings is 1. The summed E-state index contributed by atoms with van der Waals surface area (Å²) in [6, 6.07) is 29.4. The van der Waals surface area contributed by atoms with Crippen LogP contribution < -0.4 is 0 Å². The van der Waals surface area contributed by atoms with E-state index in [4.69, 9.17) is 14.4 Å². The molecule has 0 radical (unpaired) electrons. The topological polar surface area (TPSA) is 59.2 Å². The number of para-hydroxylation sites is 2. The standard InChI is InChI=1S/C33H27N2O2.Pt/c1-20-15-16-34-30-26(20)18-23(33(2,3)4)19-27(30)22-10-7-9-21(17-22)24-12-8-14-29-31(24)35-32(37-29)25-11-5-6-13-28(25)36;/h5-16,18-19,36H,1-4H3;/q-1;. The van der Waals surface area contributed by atoms with Crippen LogP contribution in [0.2, 0.25) is 0 Å². The number of phenols is 1. The van der Waals surface area contributed by atoms with Crippen molar-refractivity contribution in [2.24, 2.45) is 0 Å². The maximum absolute atomic E-state index is 10.3. The van der Waals surface area contributed by atoms with Crippen LogP contribution in [0.1, 0.15) is 31.9 Å². The fraction of sp³-hybridized carbons (Fsp3) is 0.152. The monoisotopic (exact) mass is 678 g/mol. The summed E-state index contributed by atoms with van der Waals surface area (Å²) in [7, 11) is 0. The number of fused-ring (bicyclic) bond motifs is 2. The van der Waals surface area contributed by atoms with Crippen LogP contribution in [-0.4, -0.2) is 15.1 Å². The summed E-state index contributed by atoms with van der Waals surface area (Å²) < 4.78 is 6.04. The maximum Gasteiger partial charge on any atom is 0.230 e. The van der Waals surface area contributed by atoms with Gasteiger partial charge in [-0.3, -0.25) is 4.98 Å². The van der Waals surface area contributed by atoms with Gasteiger partial charge in [-0.2, -0.15) is 0 Å². The average Bonchev–Trinajstić information content (AvgIpc) is 3.32. The van der Waals surface area contributed by atoms with Gasteiger partial charge in [0.1, 0.15) is 11.3 Å². The number of aromatic hydroxyl groups is 1. The van der Waals surface area contributed by atoms with E-state index in [1.165, 1.54) is 11.1 Å². The zero-order valence-electron chi connectivity index (χ0n) is 21.6. The third kappa shape index (κ3) is 4.54. The summed E-state index contributed by atoms with van der Waals surface area (Å²) >= 11 is 0. The molecule has 0 atom stereocenters. The van der Waals surface area contributed by atoms with Crippen molar-refractivity contribution >= 4 is 22.0 Å². The van der Waals surface area contributed by atoms with Gasteiger partial charge in [0.05, 0.1) is 11.1 Å². The molecule has 4 aromatic carbocycles. The van der Waals surface area contributed by atoms with E-state index in [-0.39, 0.29) is 32.2 Å². The number of hydrogen-bond donors (Lipinski definition) is 1. The van der Waals surface area contributed by atoms with E-state index in [9.17, 15) is 5.11 Å². The van der Waals surface area contributed by atoms with Gasteiger partial charge in [-0.15, -0.1) is 35.4 Å². The number of benzene rings is 4. The molecule has 0 aliphatic carbocycles. The molecular weight excluding hydrogens is 651 g/mol. The van der Waals surface area contributed by atoms with E-state index in [1.807, 2.05) is 36.5 Å². The van der Waals surface area contributed by atoms with Gasteiger partial charge in [0.15, 0.2) is 0 Å². The minimum Gasteiger partial charge on any atom is -0.507 e. The van der Waals surface area contributed by atoms with E-state index in [0.29, 0.717) is 17.0 Å². The molecule has 192 valence electrons. The molecule has 6 aromatic rings. The predicted octanol–water partition coefficient (Wildman–Crippen LogP) is 8.49. The van der Waals surface area contributed by atoms with Gasteiger partial charge in [0.25, 0.3) is 0 Å². The predicted molar refractivity (Wildman–Crippen MR) is 150 cm³/mol. The fourth-order valence-corrected chi connectivity index (χ4v) is 4.74. The molecule has 0 aliphatic rings. The van der Waals surface area contributed by atoms with Crippen molar-refractivity contribution in [3.8, 4) is 39.5 Å². The van der Waals surface area contributed by atoms with E-state index in [1.54, 1.807) is 18.2 Å². The molecular formula is C33H27N2O2Pt-. The molecule has 2 heterocycles. The van der Waals surface area contributed by atoms with Crippen LogP contribution in [0.15, 0.2) is 89.5 Å². The second-order valence-electron chi connectivity index (χ2n) is 10.5. The van der Waals surface area contributed by atoms with E-state index < -0.39 is 0 Å². The minimum absolute atomic E-state index is 0. The molecule has 0 saturated heterocycles. The molecule has 0 amide bonds. The zero-order valence-corrected chi connectivity index (χ0v) is 23.9. The molecule has 0 unspecified atom stereocenters. The minimum atomic E-state index is -0.00542. The van der Waals surface area contributed by atoms with Gasteiger partial charge in [-0.1, -0.05) is 68.3 Å². The Balaban J connectivity index is 0.00000294. The normalized spacial score (nSPS) is 11.6. The maximum atomic E-state index is 10.3. The van der Waals surface area contributed by atoms with E-state index >= 15 is 0 Å². The number of aryl methyl sites for hydroxylation is 1. The molecule has 0 fully saturated rings. The van der Waals surface area contributed by atoms with Gasteiger partial charge < -0.3 is 9.52 Å². The molecule has 0 saturated carbocycles. The van der Waals surface area contributed by atoms with Crippen molar-refractivity contribution in [3.05, 3.63) is 102 Å². The van der Waals surface area contributed by atoms with Crippen LogP contribution >= 0.6 is 0 Å². The summed E-state index contributed by atoms with van der Waals surface area (Å²) in [5.41, 5.74) is 9.28. The quantitative estimate of drug-likeness (QED) is 0.191. The average molecular weight is 679 g/mol. The van der Waals surface area contributed by atoms with Gasteiger partial charge in [0, 0.05) is 32.8 Å². The summed E-state index contributed by atoms with van der Waals surface area (Å²) in [5, 5.41) is 11.5. The molecule has 5 heteroatoms. The Hall–Kier alpha value is -3.75. The number of rotatable bonds is 3. The smallest absolute Gasteiger partial charge is 0.230 e. The van der Waals surface area contributed by atoms with Crippen LogP contribution in [0, 0.1) is 13.0 Å². The van der Waals surface area contributed by atoms with Crippen molar-refractivity contribution in [1.82, 2.24) is 9.97 Å². The Kier molecular flexibility index (Phi) is 6.71. The first-order valence-electron chi connectivity index (χ1n) is 12.4. The largest absolute Gasteiger partial charge is 0.507 e. The van der Waals surface area contributed by atoms with Crippen molar-refractivity contribution in [3.63, 3.8) is 0 Å². The van der Waals surface area contributed by atoms with Crippen LogP contribution in [-0.2, 0) is 26.5 Å². The summed E-state index contributed by atoms with van der Waals surface area (Å²) in [5.74, 6) is 0.526. The molecule has 38 heavy (non-hydrogen) atoms. The van der Waals surface area contributed by atoms with Crippen molar-refractivity contribution in [2.45, 2.75) is 33.1 Å².